The summed E-state index contributed by atoms with van der Waals surface area (Å²) in [5.74, 6) is 0.795. The van der Waals surface area contributed by atoms with Crippen molar-refractivity contribution in [3.63, 3.8) is 0 Å². The van der Waals surface area contributed by atoms with Gasteiger partial charge in [0.25, 0.3) is 5.91 Å². The first-order valence-corrected chi connectivity index (χ1v) is 8.83. The van der Waals surface area contributed by atoms with Gasteiger partial charge in [0.05, 0.1) is 16.8 Å². The van der Waals surface area contributed by atoms with Gasteiger partial charge in [0.2, 0.25) is 0 Å². The normalized spacial score (nSPS) is 17.8. The van der Waals surface area contributed by atoms with Gasteiger partial charge in [0.1, 0.15) is 11.9 Å². The van der Waals surface area contributed by atoms with Crippen LogP contribution in [0.25, 0.3) is 10.2 Å². The number of piperidine rings is 1. The van der Waals surface area contributed by atoms with E-state index in [2.05, 4.69) is 9.97 Å². The van der Waals surface area contributed by atoms with Crippen molar-refractivity contribution in [1.82, 2.24) is 14.9 Å². The molecule has 1 atom stereocenters. The monoisotopic (exact) mass is 339 g/mol. The highest BCUT2D eigenvalue weighted by molar-refractivity contribution is 7.20. The number of hydrogen-bond acceptors (Lipinski definition) is 5. The van der Waals surface area contributed by atoms with E-state index in [9.17, 15) is 4.79 Å². The number of hydrogen-bond donors (Lipinski definition) is 0. The fourth-order valence-electron chi connectivity index (χ4n) is 2.93. The Morgan fingerprint density at radius 1 is 1.21 bits per heavy atom. The molecule has 0 bridgehead atoms. The second-order valence-electron chi connectivity index (χ2n) is 5.80. The number of pyridine rings is 1. The van der Waals surface area contributed by atoms with Crippen LogP contribution < -0.4 is 4.74 Å². The molecule has 1 aliphatic rings. The van der Waals surface area contributed by atoms with Crippen LogP contribution in [-0.2, 0) is 0 Å². The minimum atomic E-state index is -0.000714. The van der Waals surface area contributed by atoms with Gasteiger partial charge in [-0.1, -0.05) is 12.1 Å². The Morgan fingerprint density at radius 2 is 2.04 bits per heavy atom. The minimum Gasteiger partial charge on any atom is -0.488 e. The van der Waals surface area contributed by atoms with Gasteiger partial charge in [0.15, 0.2) is 5.01 Å². The molecule has 4 rings (SSSR count). The maximum atomic E-state index is 12.8. The third-order valence-electron chi connectivity index (χ3n) is 4.09. The summed E-state index contributed by atoms with van der Waals surface area (Å²) in [6.45, 7) is 1.35. The molecular weight excluding hydrogens is 322 g/mol. The summed E-state index contributed by atoms with van der Waals surface area (Å²) in [6, 6.07) is 11.5. The third-order valence-corrected chi connectivity index (χ3v) is 5.12. The maximum Gasteiger partial charge on any atom is 0.282 e. The molecule has 0 aliphatic carbocycles. The molecule has 1 aliphatic heterocycles. The van der Waals surface area contributed by atoms with Crippen LogP contribution in [-0.4, -0.2) is 40.0 Å². The average molecular weight is 339 g/mol. The topological polar surface area (TPSA) is 55.3 Å². The second-order valence-corrected chi connectivity index (χ2v) is 6.83. The van der Waals surface area contributed by atoms with Gasteiger partial charge in [-0.3, -0.25) is 9.78 Å². The molecule has 0 unspecified atom stereocenters. The highest BCUT2D eigenvalue weighted by Gasteiger charge is 2.27. The Labute approximate surface area is 143 Å². The van der Waals surface area contributed by atoms with Crippen LogP contribution in [0, 0.1) is 0 Å². The lowest BCUT2D eigenvalue weighted by molar-refractivity contribution is 0.0537. The largest absolute Gasteiger partial charge is 0.488 e. The molecule has 3 heterocycles. The van der Waals surface area contributed by atoms with E-state index >= 15 is 0 Å². The number of thiazole rings is 1. The molecule has 122 valence electrons. The summed E-state index contributed by atoms with van der Waals surface area (Å²) in [5, 5.41) is 0.556. The van der Waals surface area contributed by atoms with E-state index in [1.165, 1.54) is 11.3 Å². The highest BCUT2D eigenvalue weighted by Crippen LogP contribution is 2.24. The van der Waals surface area contributed by atoms with Crippen LogP contribution in [0.1, 0.15) is 22.6 Å². The highest BCUT2D eigenvalue weighted by atomic mass is 32.1. The fraction of sp³-hybridized carbons (Fsp3) is 0.278. The molecule has 6 heteroatoms. The van der Waals surface area contributed by atoms with Gasteiger partial charge in [-0.25, -0.2) is 4.98 Å². The Bertz CT molecular complexity index is 817. The lowest BCUT2D eigenvalue weighted by Gasteiger charge is -2.32. The number of likely N-dealkylation sites (tertiary alicyclic amines) is 1. The Kier molecular flexibility index (Phi) is 4.13. The first-order valence-electron chi connectivity index (χ1n) is 8.01. The number of ether oxygens (including phenoxy) is 1. The second kappa shape index (κ2) is 6.57. The lowest BCUT2D eigenvalue weighted by Crippen LogP contribution is -2.44. The summed E-state index contributed by atoms with van der Waals surface area (Å²) in [5.41, 5.74) is 0.882. The maximum absolute atomic E-state index is 12.8. The van der Waals surface area contributed by atoms with E-state index in [0.717, 1.165) is 35.4 Å². The smallest absolute Gasteiger partial charge is 0.282 e. The van der Waals surface area contributed by atoms with Crippen molar-refractivity contribution in [2.45, 2.75) is 18.9 Å². The molecule has 1 amide bonds. The van der Waals surface area contributed by atoms with Gasteiger partial charge in [0, 0.05) is 18.9 Å². The molecule has 0 N–H and O–H groups in total. The van der Waals surface area contributed by atoms with Crippen LogP contribution in [0.5, 0.6) is 5.75 Å². The van der Waals surface area contributed by atoms with E-state index in [4.69, 9.17) is 4.74 Å². The molecule has 0 saturated carbocycles. The predicted octanol–water partition coefficient (Wildman–Crippen LogP) is 3.37. The van der Waals surface area contributed by atoms with Crippen molar-refractivity contribution in [3.05, 3.63) is 53.8 Å². The number of para-hydroxylation sites is 1. The first kappa shape index (κ1) is 15.1. The van der Waals surface area contributed by atoms with Crippen molar-refractivity contribution in [3.8, 4) is 5.75 Å². The fourth-order valence-corrected chi connectivity index (χ4v) is 3.86. The number of amides is 1. The summed E-state index contributed by atoms with van der Waals surface area (Å²) >= 11 is 1.45. The number of fused-ring (bicyclic) bond motifs is 1. The molecule has 0 spiro atoms. The summed E-state index contributed by atoms with van der Waals surface area (Å²) in [7, 11) is 0. The van der Waals surface area contributed by atoms with E-state index in [-0.39, 0.29) is 12.0 Å². The minimum absolute atomic E-state index is 0.000714. The zero-order chi connectivity index (χ0) is 16.4. The van der Waals surface area contributed by atoms with Gasteiger partial charge < -0.3 is 9.64 Å². The zero-order valence-electron chi connectivity index (χ0n) is 13.1. The van der Waals surface area contributed by atoms with Crippen molar-refractivity contribution < 1.29 is 9.53 Å². The Balaban J connectivity index is 1.48. The van der Waals surface area contributed by atoms with E-state index in [1.807, 2.05) is 41.3 Å². The predicted molar refractivity (Wildman–Crippen MR) is 93.4 cm³/mol. The molecule has 1 aromatic carbocycles. The third kappa shape index (κ3) is 3.10. The van der Waals surface area contributed by atoms with E-state index in [0.29, 0.717) is 11.6 Å². The Morgan fingerprint density at radius 3 is 2.88 bits per heavy atom. The van der Waals surface area contributed by atoms with Crippen LogP contribution in [0.2, 0.25) is 0 Å². The van der Waals surface area contributed by atoms with Crippen molar-refractivity contribution in [1.29, 1.82) is 0 Å². The van der Waals surface area contributed by atoms with Crippen LogP contribution in [0.3, 0.4) is 0 Å². The molecular formula is C18H17N3O2S. The molecule has 5 nitrogen and oxygen atoms in total. The summed E-state index contributed by atoms with van der Waals surface area (Å²) in [4.78, 5) is 23.1. The summed E-state index contributed by atoms with van der Waals surface area (Å²) < 4.78 is 7.02. The number of nitrogens with zero attached hydrogens (tertiary/aromatic N) is 3. The Hall–Kier alpha value is -2.47. The quantitative estimate of drug-likeness (QED) is 0.734. The molecule has 1 saturated heterocycles. The molecule has 3 aromatic rings. The van der Waals surface area contributed by atoms with Crippen LogP contribution >= 0.6 is 11.3 Å². The van der Waals surface area contributed by atoms with Crippen molar-refractivity contribution >= 4 is 27.5 Å². The van der Waals surface area contributed by atoms with Gasteiger partial charge in [-0.15, -0.1) is 11.3 Å². The van der Waals surface area contributed by atoms with Gasteiger partial charge in [-0.2, -0.15) is 0 Å². The SMILES string of the molecule is O=C(c1nc2ccccc2s1)N1CCC[C@@H](Oc2ccncc2)C1. The standard InChI is InChI=1S/C18H17N3O2S/c22-18(17-20-15-5-1-2-6-16(15)24-17)21-11-3-4-14(12-21)23-13-7-9-19-10-8-13/h1-2,5-10,14H,3-4,11-12H2/t14-/m1/s1. The first-order chi connectivity index (χ1) is 11.8. The van der Waals surface area contributed by atoms with E-state index in [1.54, 1.807) is 12.4 Å². The average Bonchev–Trinajstić information content (AvgIpc) is 3.06. The number of carbonyl (C=O) groups excluding carboxylic acids is 1. The molecule has 2 aromatic heterocycles. The van der Waals surface area contributed by atoms with E-state index < -0.39 is 0 Å². The van der Waals surface area contributed by atoms with Crippen molar-refractivity contribution in [2.75, 3.05) is 13.1 Å². The van der Waals surface area contributed by atoms with Gasteiger partial charge >= 0.3 is 0 Å². The number of carbonyl (C=O) groups is 1. The van der Waals surface area contributed by atoms with Crippen LogP contribution in [0.15, 0.2) is 48.8 Å². The number of aromatic nitrogens is 2. The number of benzene rings is 1. The molecule has 24 heavy (non-hydrogen) atoms. The van der Waals surface area contributed by atoms with Crippen molar-refractivity contribution in [2.24, 2.45) is 0 Å². The number of rotatable bonds is 3. The molecule has 1 fully saturated rings. The molecule has 0 radical (unpaired) electrons. The van der Waals surface area contributed by atoms with Crippen LogP contribution in [0.4, 0.5) is 0 Å². The lowest BCUT2D eigenvalue weighted by atomic mass is 10.1. The zero-order valence-corrected chi connectivity index (χ0v) is 13.9. The summed E-state index contributed by atoms with van der Waals surface area (Å²) in [6.07, 6.45) is 5.32. The van der Waals surface area contributed by atoms with Gasteiger partial charge in [-0.05, 0) is 37.1 Å².